The zero-order valence-corrected chi connectivity index (χ0v) is 14.6. The van der Waals surface area contributed by atoms with Crippen LogP contribution in [0, 0.1) is 5.92 Å². The van der Waals surface area contributed by atoms with E-state index in [-0.39, 0.29) is 5.91 Å². The van der Waals surface area contributed by atoms with Gasteiger partial charge < -0.3 is 9.84 Å². The fourth-order valence-corrected chi connectivity index (χ4v) is 3.36. The van der Waals surface area contributed by atoms with E-state index in [0.717, 1.165) is 18.9 Å². The van der Waals surface area contributed by atoms with Crippen molar-refractivity contribution in [1.29, 1.82) is 0 Å². The van der Waals surface area contributed by atoms with Crippen LogP contribution in [0.4, 0.5) is 0 Å². The third-order valence-electron chi connectivity index (χ3n) is 4.76. The molecule has 0 radical (unpaired) electrons. The third kappa shape index (κ3) is 5.66. The number of nitrogens with zero attached hydrogens (tertiary/aromatic N) is 3. The SMILES string of the molecule is O=C(CCc1nc(-c2ccccn2)no1)NCCCC1CCCCC1. The van der Waals surface area contributed by atoms with Gasteiger partial charge in [0, 0.05) is 25.6 Å². The van der Waals surface area contributed by atoms with Crippen LogP contribution in [-0.2, 0) is 11.2 Å². The molecule has 0 saturated heterocycles. The minimum Gasteiger partial charge on any atom is -0.356 e. The Morgan fingerprint density at radius 3 is 2.92 bits per heavy atom. The highest BCUT2D eigenvalue weighted by Gasteiger charge is 2.13. The van der Waals surface area contributed by atoms with Gasteiger partial charge in [-0.25, -0.2) is 0 Å². The van der Waals surface area contributed by atoms with Gasteiger partial charge in [0.1, 0.15) is 5.69 Å². The lowest BCUT2D eigenvalue weighted by atomic mass is 9.86. The number of hydrogen-bond acceptors (Lipinski definition) is 5. The van der Waals surface area contributed by atoms with Crippen LogP contribution in [0.3, 0.4) is 0 Å². The van der Waals surface area contributed by atoms with E-state index in [1.54, 1.807) is 6.20 Å². The van der Waals surface area contributed by atoms with Crippen molar-refractivity contribution in [2.24, 2.45) is 5.92 Å². The average Bonchev–Trinajstić information content (AvgIpc) is 3.14. The monoisotopic (exact) mass is 342 g/mol. The Labute approximate surface area is 148 Å². The van der Waals surface area contributed by atoms with Gasteiger partial charge >= 0.3 is 0 Å². The first-order valence-corrected chi connectivity index (χ1v) is 9.32. The van der Waals surface area contributed by atoms with E-state index in [0.29, 0.717) is 30.3 Å². The molecule has 3 rings (SSSR count). The second kappa shape index (κ2) is 9.30. The first kappa shape index (κ1) is 17.6. The van der Waals surface area contributed by atoms with Gasteiger partial charge in [0.15, 0.2) is 0 Å². The summed E-state index contributed by atoms with van der Waals surface area (Å²) >= 11 is 0. The molecule has 0 aromatic carbocycles. The number of carbonyl (C=O) groups is 1. The van der Waals surface area contributed by atoms with Gasteiger partial charge in [-0.15, -0.1) is 0 Å². The summed E-state index contributed by atoms with van der Waals surface area (Å²) in [5, 5.41) is 6.90. The van der Waals surface area contributed by atoms with Crippen molar-refractivity contribution in [3.8, 4) is 11.5 Å². The average molecular weight is 342 g/mol. The molecule has 0 spiro atoms. The largest absolute Gasteiger partial charge is 0.356 e. The summed E-state index contributed by atoms with van der Waals surface area (Å²) in [6.45, 7) is 0.762. The molecule has 0 aliphatic heterocycles. The summed E-state index contributed by atoms with van der Waals surface area (Å²) < 4.78 is 5.19. The summed E-state index contributed by atoms with van der Waals surface area (Å²) in [6.07, 6.45) is 11.7. The Morgan fingerprint density at radius 1 is 1.24 bits per heavy atom. The number of carbonyl (C=O) groups excluding carboxylic acids is 1. The Morgan fingerprint density at radius 2 is 2.12 bits per heavy atom. The van der Waals surface area contributed by atoms with Gasteiger partial charge in [0.2, 0.25) is 17.6 Å². The molecule has 6 nitrogen and oxygen atoms in total. The Kier molecular flexibility index (Phi) is 6.54. The highest BCUT2D eigenvalue weighted by molar-refractivity contribution is 5.75. The molecule has 0 unspecified atom stereocenters. The van der Waals surface area contributed by atoms with E-state index in [9.17, 15) is 4.79 Å². The molecular weight excluding hydrogens is 316 g/mol. The quantitative estimate of drug-likeness (QED) is 0.742. The number of amides is 1. The minimum absolute atomic E-state index is 0.0428. The fourth-order valence-electron chi connectivity index (χ4n) is 3.36. The lowest BCUT2D eigenvalue weighted by Crippen LogP contribution is -2.25. The normalized spacial score (nSPS) is 15.2. The molecule has 1 aliphatic carbocycles. The van der Waals surface area contributed by atoms with E-state index in [4.69, 9.17) is 4.52 Å². The van der Waals surface area contributed by atoms with Crippen molar-refractivity contribution in [2.45, 2.75) is 57.8 Å². The van der Waals surface area contributed by atoms with Gasteiger partial charge in [0.25, 0.3) is 0 Å². The first-order chi connectivity index (χ1) is 12.3. The van der Waals surface area contributed by atoms with Gasteiger partial charge in [0.05, 0.1) is 0 Å². The van der Waals surface area contributed by atoms with Gasteiger partial charge in [-0.2, -0.15) is 4.98 Å². The van der Waals surface area contributed by atoms with Crippen molar-refractivity contribution < 1.29 is 9.32 Å². The molecule has 2 aromatic rings. The molecule has 1 saturated carbocycles. The van der Waals surface area contributed by atoms with Crippen LogP contribution < -0.4 is 5.32 Å². The zero-order chi connectivity index (χ0) is 17.3. The summed E-state index contributed by atoms with van der Waals surface area (Å²) in [7, 11) is 0. The first-order valence-electron chi connectivity index (χ1n) is 9.32. The second-order valence-electron chi connectivity index (χ2n) is 6.72. The van der Waals surface area contributed by atoms with Gasteiger partial charge in [-0.1, -0.05) is 43.3 Å². The molecule has 25 heavy (non-hydrogen) atoms. The summed E-state index contributed by atoms with van der Waals surface area (Å²) in [5.74, 6) is 1.84. The summed E-state index contributed by atoms with van der Waals surface area (Å²) in [4.78, 5) is 20.4. The molecule has 2 aromatic heterocycles. The van der Waals surface area contributed by atoms with Crippen molar-refractivity contribution in [3.05, 3.63) is 30.3 Å². The number of rotatable bonds is 8. The van der Waals surface area contributed by atoms with Crippen LogP contribution in [0.1, 0.15) is 57.3 Å². The third-order valence-corrected chi connectivity index (χ3v) is 4.76. The van der Waals surface area contributed by atoms with Crippen molar-refractivity contribution in [1.82, 2.24) is 20.4 Å². The Balaban J connectivity index is 1.33. The number of nitrogens with one attached hydrogen (secondary N) is 1. The van der Waals surface area contributed by atoms with Gasteiger partial charge in [-0.05, 0) is 30.9 Å². The fraction of sp³-hybridized carbons (Fsp3) is 0.579. The van der Waals surface area contributed by atoms with Crippen LogP contribution in [0.25, 0.3) is 11.5 Å². The lowest BCUT2D eigenvalue weighted by Gasteiger charge is -2.21. The van der Waals surface area contributed by atoms with Crippen LogP contribution >= 0.6 is 0 Å². The van der Waals surface area contributed by atoms with E-state index < -0.39 is 0 Å². The molecule has 0 bridgehead atoms. The Hall–Kier alpha value is -2.24. The Bertz CT molecular complexity index is 650. The standard InChI is InChI=1S/C19H26N4O2/c24-17(21-14-6-9-15-7-2-1-3-8-15)11-12-18-22-19(23-25-18)16-10-4-5-13-20-16/h4-5,10,13,15H,1-3,6-9,11-12,14H2,(H,21,24). The maximum atomic E-state index is 11.9. The minimum atomic E-state index is 0.0428. The topological polar surface area (TPSA) is 80.9 Å². The number of aromatic nitrogens is 3. The molecule has 6 heteroatoms. The smallest absolute Gasteiger partial charge is 0.227 e. The molecule has 0 atom stereocenters. The second-order valence-corrected chi connectivity index (χ2v) is 6.72. The van der Waals surface area contributed by atoms with E-state index in [1.807, 2.05) is 18.2 Å². The zero-order valence-electron chi connectivity index (χ0n) is 14.6. The molecule has 2 heterocycles. The summed E-state index contributed by atoms with van der Waals surface area (Å²) in [6, 6.07) is 5.54. The maximum absolute atomic E-state index is 11.9. The number of pyridine rings is 1. The number of aryl methyl sites for hydroxylation is 1. The van der Waals surface area contributed by atoms with E-state index in [1.165, 1.54) is 38.5 Å². The van der Waals surface area contributed by atoms with Crippen molar-refractivity contribution in [2.75, 3.05) is 6.54 Å². The highest BCUT2D eigenvalue weighted by Crippen LogP contribution is 2.26. The van der Waals surface area contributed by atoms with Crippen molar-refractivity contribution >= 4 is 5.91 Å². The molecule has 1 aliphatic rings. The molecule has 1 amide bonds. The van der Waals surface area contributed by atoms with Crippen LogP contribution in [0.15, 0.2) is 28.9 Å². The van der Waals surface area contributed by atoms with E-state index in [2.05, 4.69) is 20.4 Å². The number of hydrogen-bond donors (Lipinski definition) is 1. The van der Waals surface area contributed by atoms with Crippen LogP contribution in [-0.4, -0.2) is 27.6 Å². The van der Waals surface area contributed by atoms with E-state index >= 15 is 0 Å². The summed E-state index contributed by atoms with van der Waals surface area (Å²) in [5.41, 5.74) is 0.671. The predicted octanol–water partition coefficient (Wildman–Crippen LogP) is 3.54. The van der Waals surface area contributed by atoms with Gasteiger partial charge in [-0.3, -0.25) is 9.78 Å². The predicted molar refractivity (Wildman–Crippen MR) is 94.7 cm³/mol. The maximum Gasteiger partial charge on any atom is 0.227 e. The molecular formula is C19H26N4O2. The highest BCUT2D eigenvalue weighted by atomic mass is 16.5. The van der Waals surface area contributed by atoms with Crippen molar-refractivity contribution in [3.63, 3.8) is 0 Å². The molecule has 134 valence electrons. The van der Waals surface area contributed by atoms with Crippen LogP contribution in [0.5, 0.6) is 0 Å². The molecule has 1 N–H and O–H groups in total. The van der Waals surface area contributed by atoms with Crippen LogP contribution in [0.2, 0.25) is 0 Å². The lowest BCUT2D eigenvalue weighted by molar-refractivity contribution is -0.121. The molecule has 1 fully saturated rings.